The fourth-order valence-electron chi connectivity index (χ4n) is 2.51. The second-order valence-electron chi connectivity index (χ2n) is 5.97. The lowest BCUT2D eigenvalue weighted by Crippen LogP contribution is -2.40. The van der Waals surface area contributed by atoms with Gasteiger partial charge in [-0.25, -0.2) is 4.98 Å². The Morgan fingerprint density at radius 1 is 1.21 bits per heavy atom. The van der Waals surface area contributed by atoms with Crippen molar-refractivity contribution < 1.29 is 18.0 Å². The van der Waals surface area contributed by atoms with E-state index < -0.39 is 17.6 Å². The number of hydrogen-bond donors (Lipinski definition) is 1. The summed E-state index contributed by atoms with van der Waals surface area (Å²) in [7, 11) is 1.45. The number of amides is 1. The quantitative estimate of drug-likeness (QED) is 0.422. The van der Waals surface area contributed by atoms with Gasteiger partial charge in [-0.05, 0) is 29.2 Å². The lowest BCUT2D eigenvalue weighted by atomic mass is 10.0. The minimum atomic E-state index is -4.55. The summed E-state index contributed by atoms with van der Waals surface area (Å²) in [5.74, 6) is -0.457. The van der Waals surface area contributed by atoms with Crippen LogP contribution in [-0.2, 0) is 11.0 Å². The number of halogens is 4. The van der Waals surface area contributed by atoms with Crippen LogP contribution in [0.25, 0.3) is 11.6 Å². The van der Waals surface area contributed by atoms with Crippen molar-refractivity contribution >= 4 is 46.3 Å². The summed E-state index contributed by atoms with van der Waals surface area (Å²) in [6.07, 6.45) is -2.14. The van der Waals surface area contributed by atoms with Crippen LogP contribution in [0.5, 0.6) is 0 Å². The number of hydrazine groups is 1. The van der Waals surface area contributed by atoms with Gasteiger partial charge in [0.1, 0.15) is 0 Å². The highest BCUT2D eigenvalue weighted by Gasteiger charge is 2.32. The molecule has 0 atom stereocenters. The van der Waals surface area contributed by atoms with Gasteiger partial charge >= 0.3 is 6.18 Å². The van der Waals surface area contributed by atoms with Gasteiger partial charge in [-0.3, -0.25) is 15.2 Å². The summed E-state index contributed by atoms with van der Waals surface area (Å²) < 4.78 is 38.4. The van der Waals surface area contributed by atoms with E-state index in [1.165, 1.54) is 23.4 Å². The van der Waals surface area contributed by atoms with Gasteiger partial charge in [-0.15, -0.1) is 11.3 Å². The highest BCUT2D eigenvalue weighted by molar-refractivity contribution is 7.11. The number of carbonyl (C=O) groups excluding carboxylic acids is 1. The summed E-state index contributed by atoms with van der Waals surface area (Å²) in [6, 6.07) is 13.6. The van der Waals surface area contributed by atoms with E-state index in [0.717, 1.165) is 10.9 Å². The van der Waals surface area contributed by atoms with Gasteiger partial charge in [0.25, 0.3) is 5.91 Å². The summed E-state index contributed by atoms with van der Waals surface area (Å²) >= 11 is 7.43. The summed E-state index contributed by atoms with van der Waals surface area (Å²) in [5.41, 5.74) is 2.73. The van der Waals surface area contributed by atoms with Crippen molar-refractivity contribution in [3.05, 3.63) is 81.1 Å². The molecule has 0 saturated heterocycles. The number of nitrogens with one attached hydrogen (secondary N) is 1. The smallest absolute Gasteiger partial charge is 0.270 e. The normalized spacial score (nSPS) is 12.0. The van der Waals surface area contributed by atoms with Gasteiger partial charge in [-0.1, -0.05) is 48.0 Å². The lowest BCUT2D eigenvalue weighted by Gasteiger charge is -2.22. The van der Waals surface area contributed by atoms with Crippen LogP contribution in [0.15, 0.2) is 60.1 Å². The lowest BCUT2D eigenvalue weighted by molar-refractivity contribution is -0.137. The van der Waals surface area contributed by atoms with E-state index in [4.69, 9.17) is 11.6 Å². The third-order valence-electron chi connectivity index (χ3n) is 3.90. The Morgan fingerprint density at radius 3 is 2.52 bits per heavy atom. The molecule has 0 saturated carbocycles. The molecule has 3 aromatic rings. The molecule has 150 valence electrons. The van der Waals surface area contributed by atoms with Gasteiger partial charge < -0.3 is 0 Å². The predicted molar refractivity (Wildman–Crippen MR) is 109 cm³/mol. The highest BCUT2D eigenvalue weighted by atomic mass is 35.5. The number of aromatic nitrogens is 1. The Labute approximate surface area is 174 Å². The van der Waals surface area contributed by atoms with Crippen molar-refractivity contribution in [3.8, 4) is 0 Å². The Morgan fingerprint density at radius 2 is 1.93 bits per heavy atom. The molecule has 1 aromatic carbocycles. The molecule has 3 rings (SSSR count). The number of alkyl halides is 3. The summed E-state index contributed by atoms with van der Waals surface area (Å²) in [5, 5.41) is 2.85. The van der Waals surface area contributed by atoms with Gasteiger partial charge in [0.05, 0.1) is 10.6 Å². The minimum absolute atomic E-state index is 0.00319. The predicted octanol–water partition coefficient (Wildman–Crippen LogP) is 5.52. The van der Waals surface area contributed by atoms with Crippen LogP contribution in [0, 0.1) is 0 Å². The first kappa shape index (κ1) is 20.9. The number of anilines is 1. The number of thiophene rings is 1. The monoisotopic (exact) mass is 437 g/mol. The number of hydrogen-bond acceptors (Lipinski definition) is 4. The van der Waals surface area contributed by atoms with Gasteiger partial charge in [0.2, 0.25) is 0 Å². The van der Waals surface area contributed by atoms with E-state index in [2.05, 4.69) is 10.4 Å². The van der Waals surface area contributed by atoms with Crippen LogP contribution in [0.4, 0.5) is 19.0 Å². The van der Waals surface area contributed by atoms with E-state index in [1.807, 2.05) is 35.7 Å². The van der Waals surface area contributed by atoms with Gasteiger partial charge in [0, 0.05) is 23.7 Å². The van der Waals surface area contributed by atoms with E-state index in [1.54, 1.807) is 18.2 Å². The Kier molecular flexibility index (Phi) is 6.24. The summed E-state index contributed by atoms with van der Waals surface area (Å²) in [4.78, 5) is 17.6. The van der Waals surface area contributed by atoms with Crippen LogP contribution in [0.1, 0.15) is 16.0 Å². The molecule has 2 aromatic heterocycles. The van der Waals surface area contributed by atoms with E-state index >= 15 is 0 Å². The average molecular weight is 438 g/mol. The summed E-state index contributed by atoms with van der Waals surface area (Å²) in [6.45, 7) is 0. The van der Waals surface area contributed by atoms with Gasteiger partial charge in [-0.2, -0.15) is 13.2 Å². The number of benzene rings is 1. The van der Waals surface area contributed by atoms with Crippen LogP contribution in [0.2, 0.25) is 5.02 Å². The fourth-order valence-corrected chi connectivity index (χ4v) is 3.46. The standard InChI is InChI=1S/C20H15ClF3N3OS/c1-27(18-17(21)10-14(12-25-18)20(22,23)24)26-19(28)16(11-15-8-5-9-29-15)13-6-3-2-4-7-13/h2-12H,1H3,(H,26,28)/b16-11+. The molecule has 0 spiro atoms. The Balaban J connectivity index is 1.86. The molecule has 0 aliphatic heterocycles. The first-order chi connectivity index (χ1) is 13.8. The maximum absolute atomic E-state index is 12.9. The zero-order valence-electron chi connectivity index (χ0n) is 15.1. The molecule has 1 amide bonds. The largest absolute Gasteiger partial charge is 0.417 e. The van der Waals surface area contributed by atoms with Crippen molar-refractivity contribution in [2.45, 2.75) is 6.18 Å². The Bertz CT molecular complexity index is 1020. The zero-order valence-corrected chi connectivity index (χ0v) is 16.6. The molecule has 9 heteroatoms. The molecule has 29 heavy (non-hydrogen) atoms. The second kappa shape index (κ2) is 8.67. The molecule has 0 unspecified atom stereocenters. The molecule has 0 aliphatic carbocycles. The zero-order chi connectivity index (χ0) is 21.0. The molecule has 0 bridgehead atoms. The first-order valence-corrected chi connectivity index (χ1v) is 9.59. The molecule has 1 N–H and O–H groups in total. The molecule has 4 nitrogen and oxygen atoms in total. The third-order valence-corrected chi connectivity index (χ3v) is 4.99. The molecule has 2 heterocycles. The van der Waals surface area contributed by atoms with Crippen LogP contribution in [0.3, 0.4) is 0 Å². The molecule has 0 aliphatic rings. The number of pyridine rings is 1. The van der Waals surface area contributed by atoms with Crippen molar-refractivity contribution in [1.82, 2.24) is 10.4 Å². The topological polar surface area (TPSA) is 45.2 Å². The number of carbonyl (C=O) groups is 1. The molecular formula is C20H15ClF3N3OS. The maximum atomic E-state index is 12.9. The molecule has 0 radical (unpaired) electrons. The van der Waals surface area contributed by atoms with Crippen molar-refractivity contribution in [2.75, 3.05) is 12.1 Å². The SMILES string of the molecule is CN(NC(=O)/C(=C/c1cccs1)c1ccccc1)c1ncc(C(F)(F)F)cc1Cl. The van der Waals surface area contributed by atoms with Crippen molar-refractivity contribution in [1.29, 1.82) is 0 Å². The second-order valence-corrected chi connectivity index (χ2v) is 7.35. The van der Waals surface area contributed by atoms with Crippen LogP contribution in [-0.4, -0.2) is 17.9 Å². The number of nitrogens with zero attached hydrogens (tertiary/aromatic N) is 2. The average Bonchev–Trinajstić information content (AvgIpc) is 3.19. The minimum Gasteiger partial charge on any atom is -0.270 e. The van der Waals surface area contributed by atoms with E-state index in [0.29, 0.717) is 17.3 Å². The maximum Gasteiger partial charge on any atom is 0.417 e. The Hall–Kier alpha value is -2.84. The fraction of sp³-hybridized carbons (Fsp3) is 0.100. The van der Waals surface area contributed by atoms with Crippen LogP contribution >= 0.6 is 22.9 Å². The first-order valence-electron chi connectivity index (χ1n) is 8.34. The highest BCUT2D eigenvalue weighted by Crippen LogP contribution is 2.33. The van der Waals surface area contributed by atoms with Gasteiger partial charge in [0.15, 0.2) is 5.82 Å². The molecule has 0 fully saturated rings. The molecular weight excluding hydrogens is 423 g/mol. The van der Waals surface area contributed by atoms with E-state index in [-0.39, 0.29) is 10.8 Å². The van der Waals surface area contributed by atoms with Crippen molar-refractivity contribution in [3.63, 3.8) is 0 Å². The third kappa shape index (κ3) is 5.16. The number of rotatable bonds is 5. The van der Waals surface area contributed by atoms with Crippen LogP contribution < -0.4 is 10.4 Å². The van der Waals surface area contributed by atoms with E-state index in [9.17, 15) is 18.0 Å². The van der Waals surface area contributed by atoms with Crippen molar-refractivity contribution in [2.24, 2.45) is 0 Å².